The number of halogens is 3. The van der Waals surface area contributed by atoms with Crippen LogP contribution in [0.15, 0.2) is 42.5 Å². The molecule has 1 atom stereocenters. The van der Waals surface area contributed by atoms with Crippen LogP contribution >= 0.6 is 46.6 Å². The van der Waals surface area contributed by atoms with Crippen LogP contribution in [-0.2, 0) is 0 Å². The third kappa shape index (κ3) is 3.83. The Morgan fingerprint density at radius 1 is 1.00 bits per heavy atom. The second-order valence-corrected chi connectivity index (χ2v) is 6.51. The Morgan fingerprint density at radius 2 is 1.60 bits per heavy atom. The van der Waals surface area contributed by atoms with E-state index < -0.39 is 0 Å². The van der Waals surface area contributed by atoms with E-state index in [4.69, 9.17) is 45.9 Å². The first-order chi connectivity index (χ1) is 9.47. The van der Waals surface area contributed by atoms with E-state index in [0.717, 1.165) is 11.1 Å². The molecule has 2 aromatic rings. The third-order valence-electron chi connectivity index (χ3n) is 2.66. The van der Waals surface area contributed by atoms with Crippen LogP contribution in [0, 0.1) is 5.41 Å². The van der Waals surface area contributed by atoms with Gasteiger partial charge < -0.3 is 5.73 Å². The van der Waals surface area contributed by atoms with Crippen LogP contribution in [0.25, 0.3) is 0 Å². The highest BCUT2D eigenvalue weighted by molar-refractivity contribution is 8.14. The average molecular weight is 346 g/mol. The molecule has 0 aliphatic heterocycles. The maximum Gasteiger partial charge on any atom is 0.151 e. The molecule has 0 aliphatic rings. The van der Waals surface area contributed by atoms with Crippen molar-refractivity contribution in [3.8, 4) is 0 Å². The fraction of sp³-hybridized carbons (Fsp3) is 0.0714. The minimum atomic E-state index is -0.172. The summed E-state index contributed by atoms with van der Waals surface area (Å²) in [5.41, 5.74) is 7.36. The van der Waals surface area contributed by atoms with Gasteiger partial charge in [0.05, 0.1) is 5.25 Å². The van der Waals surface area contributed by atoms with Crippen LogP contribution in [0.5, 0.6) is 0 Å². The Kier molecular flexibility index (Phi) is 5.22. The molecule has 0 fully saturated rings. The molecule has 104 valence electrons. The number of amidine groups is 1. The molecule has 1 unspecified atom stereocenters. The lowest BCUT2D eigenvalue weighted by molar-refractivity contribution is 1.16. The van der Waals surface area contributed by atoms with Gasteiger partial charge in [-0.2, -0.15) is 0 Å². The molecule has 0 aromatic heterocycles. The van der Waals surface area contributed by atoms with E-state index in [1.807, 2.05) is 18.2 Å². The molecule has 2 nitrogen and oxygen atoms in total. The molecule has 0 radical (unpaired) electrons. The van der Waals surface area contributed by atoms with Gasteiger partial charge in [0, 0.05) is 15.1 Å². The van der Waals surface area contributed by atoms with Gasteiger partial charge in [-0.1, -0.05) is 64.8 Å². The van der Waals surface area contributed by atoms with Gasteiger partial charge in [0.1, 0.15) is 0 Å². The highest BCUT2D eigenvalue weighted by Gasteiger charge is 2.19. The summed E-state index contributed by atoms with van der Waals surface area (Å²) >= 11 is 19.3. The normalized spacial score (nSPS) is 12.2. The van der Waals surface area contributed by atoms with Crippen molar-refractivity contribution in [1.82, 2.24) is 0 Å². The number of nitrogens with one attached hydrogen (secondary N) is 1. The quantitative estimate of drug-likeness (QED) is 0.581. The van der Waals surface area contributed by atoms with Crippen LogP contribution < -0.4 is 5.73 Å². The molecule has 20 heavy (non-hydrogen) atoms. The number of hydrogen-bond donors (Lipinski definition) is 2. The molecule has 6 heteroatoms. The Bertz CT molecular complexity index is 629. The highest BCUT2D eigenvalue weighted by atomic mass is 35.5. The predicted molar refractivity (Wildman–Crippen MR) is 89.3 cm³/mol. The van der Waals surface area contributed by atoms with Gasteiger partial charge in [0.15, 0.2) is 5.17 Å². The summed E-state index contributed by atoms with van der Waals surface area (Å²) in [6, 6.07) is 12.7. The van der Waals surface area contributed by atoms with Crippen molar-refractivity contribution in [2.24, 2.45) is 5.73 Å². The monoisotopic (exact) mass is 344 g/mol. The van der Waals surface area contributed by atoms with Crippen molar-refractivity contribution in [1.29, 1.82) is 5.41 Å². The molecule has 0 bridgehead atoms. The fourth-order valence-corrected chi connectivity index (χ4v) is 3.38. The van der Waals surface area contributed by atoms with E-state index in [9.17, 15) is 0 Å². The van der Waals surface area contributed by atoms with Gasteiger partial charge in [-0.25, -0.2) is 0 Å². The summed E-state index contributed by atoms with van der Waals surface area (Å²) in [5, 5.41) is 9.15. The third-order valence-corrected chi connectivity index (χ3v) is 4.49. The van der Waals surface area contributed by atoms with Crippen molar-refractivity contribution in [2.75, 3.05) is 0 Å². The number of hydrogen-bond acceptors (Lipinski definition) is 2. The van der Waals surface area contributed by atoms with Crippen LogP contribution in [-0.4, -0.2) is 5.17 Å². The zero-order chi connectivity index (χ0) is 14.7. The van der Waals surface area contributed by atoms with Gasteiger partial charge in [-0.15, -0.1) is 0 Å². The van der Waals surface area contributed by atoms with Crippen molar-refractivity contribution in [3.63, 3.8) is 0 Å². The Labute approximate surface area is 136 Å². The smallest absolute Gasteiger partial charge is 0.151 e. The lowest BCUT2D eigenvalue weighted by atomic mass is 10.0. The van der Waals surface area contributed by atoms with Crippen molar-refractivity contribution in [2.45, 2.75) is 5.25 Å². The summed E-state index contributed by atoms with van der Waals surface area (Å²) in [4.78, 5) is 0. The molecule has 0 amide bonds. The van der Waals surface area contributed by atoms with Crippen LogP contribution in [0.4, 0.5) is 0 Å². The molecule has 0 saturated carbocycles. The van der Waals surface area contributed by atoms with E-state index in [0.29, 0.717) is 15.1 Å². The number of thioether (sulfide) groups is 1. The van der Waals surface area contributed by atoms with Gasteiger partial charge in [0.2, 0.25) is 0 Å². The first kappa shape index (κ1) is 15.5. The summed E-state index contributed by atoms with van der Waals surface area (Å²) in [7, 11) is 0. The summed E-state index contributed by atoms with van der Waals surface area (Å²) < 4.78 is 0. The maximum atomic E-state index is 7.52. The zero-order valence-electron chi connectivity index (χ0n) is 10.2. The molecule has 0 spiro atoms. The van der Waals surface area contributed by atoms with E-state index in [1.54, 1.807) is 24.3 Å². The molecule has 3 N–H and O–H groups in total. The van der Waals surface area contributed by atoms with E-state index in [1.165, 1.54) is 11.8 Å². The highest BCUT2D eigenvalue weighted by Crippen LogP contribution is 2.40. The topological polar surface area (TPSA) is 49.9 Å². The Hall–Kier alpha value is -0.870. The van der Waals surface area contributed by atoms with Crippen LogP contribution in [0.3, 0.4) is 0 Å². The fourth-order valence-electron chi connectivity index (χ4n) is 1.79. The molecule has 2 rings (SSSR count). The van der Waals surface area contributed by atoms with Gasteiger partial charge >= 0.3 is 0 Å². The van der Waals surface area contributed by atoms with Gasteiger partial charge in [0.25, 0.3) is 0 Å². The Balaban J connectivity index is 2.46. The molecule has 0 aliphatic carbocycles. The first-order valence-electron chi connectivity index (χ1n) is 5.68. The molecular formula is C14H11Cl3N2S. The summed E-state index contributed by atoms with van der Waals surface area (Å²) in [5.74, 6) is 0. The molecule has 0 saturated heterocycles. The number of nitrogens with two attached hydrogens (primary N) is 1. The standard InChI is InChI=1S/C14H11Cl3N2S/c15-9-3-1-8(2-4-9)13(20-14(18)19)11-6-5-10(16)7-12(11)17/h1-7,13H,(H3,18,19). The molecule has 0 heterocycles. The van der Waals surface area contributed by atoms with E-state index in [-0.39, 0.29) is 10.4 Å². The molecular weight excluding hydrogens is 335 g/mol. The SMILES string of the molecule is N=C(N)SC(c1ccc(Cl)cc1)c1ccc(Cl)cc1Cl. The minimum Gasteiger partial charge on any atom is -0.379 e. The largest absolute Gasteiger partial charge is 0.379 e. The summed E-state index contributed by atoms with van der Waals surface area (Å²) in [6.45, 7) is 0. The van der Waals surface area contributed by atoms with Crippen LogP contribution in [0.2, 0.25) is 15.1 Å². The van der Waals surface area contributed by atoms with Gasteiger partial charge in [-0.05, 0) is 35.4 Å². The van der Waals surface area contributed by atoms with Crippen molar-refractivity contribution < 1.29 is 0 Å². The van der Waals surface area contributed by atoms with Gasteiger partial charge in [-0.3, -0.25) is 5.41 Å². The maximum absolute atomic E-state index is 7.52. The van der Waals surface area contributed by atoms with Crippen molar-refractivity contribution in [3.05, 3.63) is 68.7 Å². The number of rotatable bonds is 3. The summed E-state index contributed by atoms with van der Waals surface area (Å²) in [6.07, 6.45) is 0. The Morgan fingerprint density at radius 3 is 2.15 bits per heavy atom. The van der Waals surface area contributed by atoms with E-state index >= 15 is 0 Å². The zero-order valence-corrected chi connectivity index (χ0v) is 13.3. The number of benzene rings is 2. The van der Waals surface area contributed by atoms with E-state index in [2.05, 4.69) is 0 Å². The van der Waals surface area contributed by atoms with Crippen molar-refractivity contribution >= 4 is 51.7 Å². The molecule has 2 aromatic carbocycles. The second-order valence-electron chi connectivity index (χ2n) is 4.08. The lowest BCUT2D eigenvalue weighted by Gasteiger charge is -2.18. The predicted octanol–water partition coefficient (Wildman–Crippen LogP) is 5.36. The average Bonchev–Trinajstić information content (AvgIpc) is 2.37. The first-order valence-corrected chi connectivity index (χ1v) is 7.70. The second kappa shape index (κ2) is 6.72. The lowest BCUT2D eigenvalue weighted by Crippen LogP contribution is -2.09. The van der Waals surface area contributed by atoms with Crippen LogP contribution in [0.1, 0.15) is 16.4 Å². The minimum absolute atomic E-state index is 0.0240.